The third-order valence-corrected chi connectivity index (χ3v) is 4.10. The quantitative estimate of drug-likeness (QED) is 0.867. The van der Waals surface area contributed by atoms with Crippen molar-refractivity contribution in [3.05, 3.63) is 47.9 Å². The molecule has 6 heteroatoms. The van der Waals surface area contributed by atoms with Gasteiger partial charge in [-0.05, 0) is 24.6 Å². The number of aromatic nitrogens is 2. The van der Waals surface area contributed by atoms with Gasteiger partial charge in [-0.2, -0.15) is 0 Å². The molecule has 0 unspecified atom stereocenters. The third-order valence-electron chi connectivity index (χ3n) is 4.10. The minimum atomic E-state index is -0.326. The summed E-state index contributed by atoms with van der Waals surface area (Å²) in [6.45, 7) is 0.400. The van der Waals surface area contributed by atoms with Crippen molar-refractivity contribution in [3.63, 3.8) is 0 Å². The molecule has 1 aliphatic heterocycles. The fraction of sp³-hybridized carbons (Fsp3) is 0.353. The van der Waals surface area contributed by atoms with Crippen molar-refractivity contribution >= 4 is 11.7 Å². The van der Waals surface area contributed by atoms with Crippen LogP contribution >= 0.6 is 0 Å². The van der Waals surface area contributed by atoms with Gasteiger partial charge in [0.05, 0.1) is 25.0 Å². The lowest BCUT2D eigenvalue weighted by Gasteiger charge is -2.28. The van der Waals surface area contributed by atoms with Gasteiger partial charge in [-0.1, -0.05) is 6.07 Å². The fourth-order valence-electron chi connectivity index (χ4n) is 2.91. The second-order valence-corrected chi connectivity index (χ2v) is 5.64. The first kappa shape index (κ1) is 15.3. The highest BCUT2D eigenvalue weighted by molar-refractivity contribution is 5.97. The average Bonchev–Trinajstić information content (AvgIpc) is 3.05. The summed E-state index contributed by atoms with van der Waals surface area (Å²) in [5.74, 6) is 0.607. The monoisotopic (exact) mass is 313 g/mol. The molecule has 1 aliphatic rings. The normalized spacial score (nSPS) is 16.8. The predicted molar refractivity (Wildman–Crippen MR) is 84.3 cm³/mol. The Balaban J connectivity index is 1.76. The summed E-state index contributed by atoms with van der Waals surface area (Å²) in [4.78, 5) is 30.6. The number of likely N-dealkylation sites (N-methyl/N-ethyl adjacent to an activating group) is 1. The van der Waals surface area contributed by atoms with E-state index in [2.05, 4.69) is 4.98 Å². The van der Waals surface area contributed by atoms with Crippen molar-refractivity contribution in [1.29, 1.82) is 0 Å². The lowest BCUT2D eigenvalue weighted by Crippen LogP contribution is -2.37. The Labute approximate surface area is 134 Å². The summed E-state index contributed by atoms with van der Waals surface area (Å²) >= 11 is 0. The van der Waals surface area contributed by atoms with E-state index in [1.54, 1.807) is 42.0 Å². The molecule has 3 rings (SSSR count). The van der Waals surface area contributed by atoms with Crippen LogP contribution in [0, 0.1) is 0 Å². The first-order chi connectivity index (χ1) is 11.1. The lowest BCUT2D eigenvalue weighted by atomic mass is 10.0. The lowest BCUT2D eigenvalue weighted by molar-refractivity contribution is -0.134. The molecular weight excluding hydrogens is 294 g/mol. The van der Waals surface area contributed by atoms with Gasteiger partial charge in [0.1, 0.15) is 6.04 Å². The SMILES string of the molecule is COc1cccc(CN(C)C(=O)[C@H]2CCC(=O)c3cccn32)n1. The highest BCUT2D eigenvalue weighted by Crippen LogP contribution is 2.27. The number of hydrogen-bond acceptors (Lipinski definition) is 4. The molecule has 2 aromatic rings. The molecule has 2 aromatic heterocycles. The second kappa shape index (κ2) is 6.24. The molecule has 0 saturated carbocycles. The largest absolute Gasteiger partial charge is 0.481 e. The van der Waals surface area contributed by atoms with Crippen LogP contribution in [0.5, 0.6) is 5.88 Å². The number of ketones is 1. The molecule has 0 aromatic carbocycles. The third kappa shape index (κ3) is 2.97. The Morgan fingerprint density at radius 2 is 2.22 bits per heavy atom. The number of carbonyl (C=O) groups excluding carboxylic acids is 2. The van der Waals surface area contributed by atoms with Crippen molar-refractivity contribution in [2.75, 3.05) is 14.2 Å². The molecule has 0 spiro atoms. The van der Waals surface area contributed by atoms with Gasteiger partial charge in [0.25, 0.3) is 0 Å². The van der Waals surface area contributed by atoms with Crippen molar-refractivity contribution in [3.8, 4) is 5.88 Å². The maximum absolute atomic E-state index is 12.8. The summed E-state index contributed by atoms with van der Waals surface area (Å²) in [6.07, 6.45) is 2.74. The number of Topliss-reactive ketones (excluding diaryl/α,β-unsaturated/α-hetero) is 1. The van der Waals surface area contributed by atoms with E-state index in [4.69, 9.17) is 4.74 Å². The molecule has 0 radical (unpaired) electrons. The maximum atomic E-state index is 12.8. The molecule has 0 saturated heterocycles. The van der Waals surface area contributed by atoms with E-state index in [1.807, 2.05) is 18.2 Å². The number of nitrogens with zero attached hydrogens (tertiary/aromatic N) is 3. The van der Waals surface area contributed by atoms with Crippen molar-refractivity contribution in [2.24, 2.45) is 0 Å². The smallest absolute Gasteiger partial charge is 0.245 e. The zero-order valence-corrected chi connectivity index (χ0v) is 13.2. The molecule has 0 fully saturated rings. The number of amides is 1. The summed E-state index contributed by atoms with van der Waals surface area (Å²) in [7, 11) is 3.32. The minimum Gasteiger partial charge on any atom is -0.481 e. The number of pyridine rings is 1. The Morgan fingerprint density at radius 1 is 1.39 bits per heavy atom. The van der Waals surface area contributed by atoms with Gasteiger partial charge in [0.2, 0.25) is 11.8 Å². The van der Waals surface area contributed by atoms with Gasteiger partial charge in [0.15, 0.2) is 5.78 Å². The van der Waals surface area contributed by atoms with E-state index in [-0.39, 0.29) is 17.7 Å². The summed E-state index contributed by atoms with van der Waals surface area (Å²) in [6, 6.07) is 8.73. The van der Waals surface area contributed by atoms with Crippen LogP contribution < -0.4 is 4.74 Å². The van der Waals surface area contributed by atoms with Gasteiger partial charge >= 0.3 is 0 Å². The van der Waals surface area contributed by atoms with Gasteiger partial charge < -0.3 is 14.2 Å². The Morgan fingerprint density at radius 3 is 3.00 bits per heavy atom. The number of hydrogen-bond donors (Lipinski definition) is 0. The van der Waals surface area contributed by atoms with Crippen LogP contribution in [-0.4, -0.2) is 40.3 Å². The molecule has 23 heavy (non-hydrogen) atoms. The van der Waals surface area contributed by atoms with Crippen LogP contribution in [0.2, 0.25) is 0 Å². The van der Waals surface area contributed by atoms with Crippen LogP contribution in [0.15, 0.2) is 36.5 Å². The van der Waals surface area contributed by atoms with Crippen LogP contribution in [-0.2, 0) is 11.3 Å². The van der Waals surface area contributed by atoms with Crippen molar-refractivity contribution < 1.29 is 14.3 Å². The maximum Gasteiger partial charge on any atom is 0.245 e. The van der Waals surface area contributed by atoms with Crippen molar-refractivity contribution in [2.45, 2.75) is 25.4 Å². The summed E-state index contributed by atoms with van der Waals surface area (Å²) in [5, 5.41) is 0. The molecule has 0 N–H and O–H groups in total. The van der Waals surface area contributed by atoms with Crippen molar-refractivity contribution in [1.82, 2.24) is 14.5 Å². The zero-order valence-electron chi connectivity index (χ0n) is 13.2. The Kier molecular flexibility index (Phi) is 4.14. The first-order valence-corrected chi connectivity index (χ1v) is 7.55. The van der Waals surface area contributed by atoms with Crippen LogP contribution in [0.1, 0.15) is 35.1 Å². The van der Waals surface area contributed by atoms with Gasteiger partial charge in [-0.15, -0.1) is 0 Å². The molecular formula is C17H19N3O3. The number of ether oxygens (including phenoxy) is 1. The topological polar surface area (TPSA) is 64.4 Å². The highest BCUT2D eigenvalue weighted by Gasteiger charge is 2.31. The van der Waals surface area contributed by atoms with Crippen LogP contribution in [0.25, 0.3) is 0 Å². The number of rotatable bonds is 4. The average molecular weight is 313 g/mol. The summed E-state index contributed by atoms with van der Waals surface area (Å²) < 4.78 is 6.89. The van der Waals surface area contributed by atoms with E-state index in [9.17, 15) is 9.59 Å². The van der Waals surface area contributed by atoms with Gasteiger partial charge in [-0.3, -0.25) is 9.59 Å². The van der Waals surface area contributed by atoms with E-state index in [0.717, 1.165) is 5.69 Å². The number of fused-ring (bicyclic) bond motifs is 1. The zero-order chi connectivity index (χ0) is 16.4. The fourth-order valence-corrected chi connectivity index (χ4v) is 2.91. The predicted octanol–water partition coefficient (Wildman–Crippen LogP) is 2.07. The van der Waals surface area contributed by atoms with E-state index in [1.165, 1.54) is 0 Å². The van der Waals surface area contributed by atoms with E-state index >= 15 is 0 Å². The molecule has 1 atom stereocenters. The molecule has 1 amide bonds. The Bertz CT molecular complexity index is 738. The van der Waals surface area contributed by atoms with E-state index in [0.29, 0.717) is 31.0 Å². The molecule has 6 nitrogen and oxygen atoms in total. The molecule has 120 valence electrons. The van der Waals surface area contributed by atoms with Crippen LogP contribution in [0.4, 0.5) is 0 Å². The van der Waals surface area contributed by atoms with E-state index < -0.39 is 0 Å². The first-order valence-electron chi connectivity index (χ1n) is 7.55. The van der Waals surface area contributed by atoms with Crippen LogP contribution in [0.3, 0.4) is 0 Å². The Hall–Kier alpha value is -2.63. The van der Waals surface area contributed by atoms with Gasteiger partial charge in [-0.25, -0.2) is 4.98 Å². The molecule has 3 heterocycles. The summed E-state index contributed by atoms with van der Waals surface area (Å²) in [5.41, 5.74) is 1.38. The standard InChI is InChI=1S/C17H19N3O3/c1-19(11-12-5-3-7-16(18-12)23-2)17(22)14-8-9-15(21)13-6-4-10-20(13)14/h3-7,10,14H,8-9,11H2,1-2H3/t14-/m1/s1. The number of methoxy groups -OCH3 is 1. The number of carbonyl (C=O) groups is 2. The van der Waals surface area contributed by atoms with Gasteiger partial charge in [0, 0.05) is 25.7 Å². The second-order valence-electron chi connectivity index (χ2n) is 5.64. The minimum absolute atomic E-state index is 0.0143. The molecule has 0 aliphatic carbocycles. The highest BCUT2D eigenvalue weighted by atomic mass is 16.5. The molecule has 0 bridgehead atoms.